The van der Waals surface area contributed by atoms with Gasteiger partial charge in [0, 0.05) is 17.1 Å². The van der Waals surface area contributed by atoms with Crippen LogP contribution in [0.3, 0.4) is 0 Å². The monoisotopic (exact) mass is 640 g/mol. The quantitative estimate of drug-likeness (QED) is 0.170. The van der Waals surface area contributed by atoms with Crippen molar-refractivity contribution in [1.29, 1.82) is 0 Å². The highest BCUT2D eigenvalue weighted by atomic mass is 15.5. The maximum atomic E-state index is 4.94. The van der Waals surface area contributed by atoms with E-state index in [4.69, 9.17) is 10.2 Å². The normalized spacial score (nSPS) is 11.9. The lowest BCUT2D eigenvalue weighted by molar-refractivity contribution is 0.766. The average molecular weight is 641 g/mol. The lowest BCUT2D eigenvalue weighted by Gasteiger charge is -2.16. The molecule has 0 atom stereocenters. The summed E-state index contributed by atoms with van der Waals surface area (Å²) in [5, 5.41) is 15.8. The van der Waals surface area contributed by atoms with Crippen molar-refractivity contribution in [2.24, 2.45) is 0 Å². The maximum Gasteiger partial charge on any atom is 0.114 e. The highest BCUT2D eigenvalue weighted by Gasteiger charge is 2.16. The molecular weight excluding hydrogens is 609 g/mol. The zero-order valence-electron chi connectivity index (χ0n) is 27.5. The molecule has 2 aromatic heterocycles. The van der Waals surface area contributed by atoms with Crippen molar-refractivity contribution in [2.45, 2.75) is 6.92 Å². The standard InChI is InChI=1S/C46H32N4/c1-2-3-4-14-36-28-42(40-15-8-9-16-41(40)46(36)37-19-18-31-11-5-6-12-33(31)26-37)34-22-25-44-45(29-34)49-50(48-44)39-23-20-32(21-24-39)38-27-35-13-7-10-17-43(35)47-30-38/h2-30H,1H3/b3-2-,14-4-. The molecular formula is C46H32N4. The summed E-state index contributed by atoms with van der Waals surface area (Å²) in [6.45, 7) is 2.04. The molecule has 50 heavy (non-hydrogen) atoms. The highest BCUT2D eigenvalue weighted by molar-refractivity contribution is 6.09. The number of benzene rings is 7. The van der Waals surface area contributed by atoms with E-state index in [1.807, 2.05) is 31.3 Å². The summed E-state index contributed by atoms with van der Waals surface area (Å²) in [6, 6.07) is 51.4. The Kier molecular flexibility index (Phi) is 7.33. The van der Waals surface area contributed by atoms with Crippen molar-refractivity contribution in [1.82, 2.24) is 20.0 Å². The van der Waals surface area contributed by atoms with Gasteiger partial charge in [-0.2, -0.15) is 4.80 Å². The second-order valence-corrected chi connectivity index (χ2v) is 12.5. The molecule has 0 aliphatic rings. The first kappa shape index (κ1) is 29.5. The fourth-order valence-corrected chi connectivity index (χ4v) is 6.92. The molecule has 0 aliphatic carbocycles. The van der Waals surface area contributed by atoms with E-state index in [-0.39, 0.29) is 0 Å². The summed E-state index contributed by atoms with van der Waals surface area (Å²) in [6.07, 6.45) is 10.4. The molecule has 0 amide bonds. The molecule has 0 bridgehead atoms. The minimum atomic E-state index is 0.846. The zero-order valence-corrected chi connectivity index (χ0v) is 27.5. The Hall–Kier alpha value is -6.65. The second kappa shape index (κ2) is 12.4. The van der Waals surface area contributed by atoms with Gasteiger partial charge in [0.1, 0.15) is 11.0 Å². The van der Waals surface area contributed by atoms with E-state index in [2.05, 4.69) is 157 Å². The Morgan fingerprint density at radius 3 is 2.06 bits per heavy atom. The average Bonchev–Trinajstić information content (AvgIpc) is 3.61. The Bertz CT molecular complexity index is 2770. The van der Waals surface area contributed by atoms with Crippen LogP contribution in [0.4, 0.5) is 0 Å². The van der Waals surface area contributed by atoms with Gasteiger partial charge in [-0.15, -0.1) is 10.2 Å². The minimum absolute atomic E-state index is 0.846. The predicted octanol–water partition coefficient (Wildman–Crippen LogP) is 11.9. The summed E-state index contributed by atoms with van der Waals surface area (Å²) < 4.78 is 0. The largest absolute Gasteiger partial charge is 0.256 e. The van der Waals surface area contributed by atoms with Crippen LogP contribution in [0.2, 0.25) is 0 Å². The summed E-state index contributed by atoms with van der Waals surface area (Å²) >= 11 is 0. The number of allylic oxidation sites excluding steroid dienone is 3. The van der Waals surface area contributed by atoms with Crippen LogP contribution in [-0.2, 0) is 0 Å². The Morgan fingerprint density at radius 1 is 0.500 bits per heavy atom. The molecule has 0 fully saturated rings. The number of aromatic nitrogens is 4. The van der Waals surface area contributed by atoms with Gasteiger partial charge < -0.3 is 0 Å². The topological polar surface area (TPSA) is 43.6 Å². The SMILES string of the molecule is C/C=C\C=C/c1cc(-c2ccc3nn(-c4ccc(-c5cnc6ccccc6c5)cc4)nc3c2)c2ccccc2c1-c1ccc2ccccc2c1. The molecule has 4 heteroatoms. The minimum Gasteiger partial charge on any atom is -0.256 e. The molecule has 0 N–H and O–H groups in total. The lowest BCUT2D eigenvalue weighted by Crippen LogP contribution is -1.98. The molecule has 0 saturated heterocycles. The van der Waals surface area contributed by atoms with Crippen molar-refractivity contribution in [3.8, 4) is 39.1 Å². The molecule has 0 radical (unpaired) electrons. The van der Waals surface area contributed by atoms with E-state index in [1.54, 1.807) is 4.80 Å². The predicted molar refractivity (Wildman–Crippen MR) is 209 cm³/mol. The van der Waals surface area contributed by atoms with E-state index in [0.717, 1.165) is 55.4 Å². The maximum absolute atomic E-state index is 4.94. The van der Waals surface area contributed by atoms with Crippen molar-refractivity contribution < 1.29 is 0 Å². The van der Waals surface area contributed by atoms with Gasteiger partial charge in [0.25, 0.3) is 0 Å². The van der Waals surface area contributed by atoms with E-state index >= 15 is 0 Å². The molecule has 0 unspecified atom stereocenters. The third-order valence-electron chi connectivity index (χ3n) is 9.41. The van der Waals surface area contributed by atoms with E-state index in [1.165, 1.54) is 32.7 Å². The van der Waals surface area contributed by atoms with Crippen LogP contribution < -0.4 is 0 Å². The number of hydrogen-bond acceptors (Lipinski definition) is 3. The molecule has 9 aromatic rings. The van der Waals surface area contributed by atoms with Crippen LogP contribution in [0.1, 0.15) is 12.5 Å². The molecule has 0 aliphatic heterocycles. The van der Waals surface area contributed by atoms with Gasteiger partial charge in [-0.1, -0.05) is 121 Å². The van der Waals surface area contributed by atoms with Gasteiger partial charge in [0.05, 0.1) is 11.2 Å². The first-order valence-electron chi connectivity index (χ1n) is 16.9. The van der Waals surface area contributed by atoms with Crippen molar-refractivity contribution in [3.63, 3.8) is 0 Å². The first-order valence-corrected chi connectivity index (χ1v) is 16.9. The summed E-state index contributed by atoms with van der Waals surface area (Å²) in [7, 11) is 0. The second-order valence-electron chi connectivity index (χ2n) is 12.5. The smallest absolute Gasteiger partial charge is 0.114 e. The molecule has 7 aromatic carbocycles. The van der Waals surface area contributed by atoms with E-state index < -0.39 is 0 Å². The summed E-state index contributed by atoms with van der Waals surface area (Å²) in [5.74, 6) is 0. The first-order chi connectivity index (χ1) is 24.7. The number of hydrogen-bond donors (Lipinski definition) is 0. The number of para-hydroxylation sites is 1. The molecule has 2 heterocycles. The van der Waals surface area contributed by atoms with Gasteiger partial charge in [-0.3, -0.25) is 4.98 Å². The summed E-state index contributed by atoms with van der Waals surface area (Å²) in [4.78, 5) is 6.36. The van der Waals surface area contributed by atoms with Gasteiger partial charge >= 0.3 is 0 Å². The van der Waals surface area contributed by atoms with Crippen LogP contribution in [-0.4, -0.2) is 20.0 Å². The zero-order chi connectivity index (χ0) is 33.4. The van der Waals surface area contributed by atoms with Gasteiger partial charge in [0.15, 0.2) is 0 Å². The van der Waals surface area contributed by atoms with E-state index in [0.29, 0.717) is 0 Å². The van der Waals surface area contributed by atoms with Crippen LogP contribution in [0.15, 0.2) is 170 Å². The third kappa shape index (κ3) is 5.33. The Balaban J connectivity index is 1.12. The number of pyridine rings is 1. The number of fused-ring (bicyclic) bond motifs is 4. The van der Waals surface area contributed by atoms with Crippen molar-refractivity contribution >= 4 is 49.6 Å². The van der Waals surface area contributed by atoms with Crippen LogP contribution >= 0.6 is 0 Å². The molecule has 9 rings (SSSR count). The van der Waals surface area contributed by atoms with Crippen LogP contribution in [0.25, 0.3) is 88.6 Å². The molecule has 4 nitrogen and oxygen atoms in total. The third-order valence-corrected chi connectivity index (χ3v) is 9.41. The number of rotatable bonds is 6. The van der Waals surface area contributed by atoms with Crippen LogP contribution in [0, 0.1) is 0 Å². The molecule has 236 valence electrons. The van der Waals surface area contributed by atoms with Crippen molar-refractivity contribution in [3.05, 3.63) is 176 Å². The van der Waals surface area contributed by atoms with Crippen LogP contribution in [0.5, 0.6) is 0 Å². The highest BCUT2D eigenvalue weighted by Crippen LogP contribution is 2.40. The summed E-state index contributed by atoms with van der Waals surface area (Å²) in [5.41, 5.74) is 11.6. The van der Waals surface area contributed by atoms with E-state index in [9.17, 15) is 0 Å². The molecule has 0 spiro atoms. The molecule has 0 saturated carbocycles. The van der Waals surface area contributed by atoms with Gasteiger partial charge in [0.2, 0.25) is 0 Å². The van der Waals surface area contributed by atoms with Crippen molar-refractivity contribution in [2.75, 3.05) is 0 Å². The fourth-order valence-electron chi connectivity index (χ4n) is 6.92. The Morgan fingerprint density at radius 2 is 1.20 bits per heavy atom. The fraction of sp³-hybridized carbons (Fsp3) is 0.0217. The number of nitrogens with zero attached hydrogens (tertiary/aromatic N) is 4. The lowest BCUT2D eigenvalue weighted by atomic mass is 9.87. The van der Waals surface area contributed by atoms with Gasteiger partial charge in [-0.25, -0.2) is 0 Å². The Labute approximate surface area is 290 Å². The van der Waals surface area contributed by atoms with Gasteiger partial charge in [-0.05, 0) is 110 Å².